The van der Waals surface area contributed by atoms with Gasteiger partial charge in [0.2, 0.25) is 0 Å². The minimum atomic E-state index is -4.51. The van der Waals surface area contributed by atoms with Crippen LogP contribution in [0.3, 0.4) is 0 Å². The minimum absolute atomic E-state index is 0. The van der Waals surface area contributed by atoms with E-state index in [0.717, 1.165) is 17.7 Å². The van der Waals surface area contributed by atoms with Crippen molar-refractivity contribution in [3.05, 3.63) is 83.3 Å². The highest BCUT2D eigenvalue weighted by Gasteiger charge is 2.31. The smallest absolute Gasteiger partial charge is 0.354 e. The van der Waals surface area contributed by atoms with Crippen LogP contribution in [0.1, 0.15) is 11.1 Å². The molecule has 0 fully saturated rings. The van der Waals surface area contributed by atoms with Crippen LogP contribution in [0.15, 0.2) is 72.0 Å². The first-order chi connectivity index (χ1) is 15.6. The van der Waals surface area contributed by atoms with Crippen molar-refractivity contribution in [2.75, 3.05) is 12.4 Å². The van der Waals surface area contributed by atoms with Gasteiger partial charge in [-0.15, -0.1) is 12.4 Å². The van der Waals surface area contributed by atoms with Gasteiger partial charge in [-0.05, 0) is 55.1 Å². The van der Waals surface area contributed by atoms with Gasteiger partial charge in [-0.1, -0.05) is 17.7 Å². The molecule has 0 aliphatic heterocycles. The fourth-order valence-electron chi connectivity index (χ4n) is 3.44. The zero-order valence-corrected chi connectivity index (χ0v) is 20.0. The van der Waals surface area contributed by atoms with Gasteiger partial charge in [-0.3, -0.25) is 4.98 Å². The zero-order chi connectivity index (χ0) is 23.8. The summed E-state index contributed by atoms with van der Waals surface area (Å²) in [5.74, 6) is 0. The molecule has 2 aromatic heterocycles. The standard InChI is InChI=1S/C22H18ClF3N4O2S.ClH/c1-27-11-14-13-30(33(31,32)17-3-2-8-28-12-17)21-10-16(5-6-18(14)21)29-20-7-4-15(9-19(20)23)22(24,25)26;/h2-10,12-13,27,29H,11H2,1H3;1H. The SMILES string of the molecule is CNCc1cn(S(=O)(=O)c2cccnc2)c2cc(Nc3ccc(C(F)(F)F)cc3Cl)ccc12.Cl. The molecular weight excluding hydrogens is 512 g/mol. The normalized spacial score (nSPS) is 11.9. The molecule has 6 nitrogen and oxygen atoms in total. The Bertz CT molecular complexity index is 1430. The van der Waals surface area contributed by atoms with Crippen molar-refractivity contribution in [2.45, 2.75) is 17.6 Å². The van der Waals surface area contributed by atoms with Gasteiger partial charge in [-0.2, -0.15) is 13.2 Å². The van der Waals surface area contributed by atoms with Crippen molar-refractivity contribution in [1.29, 1.82) is 0 Å². The van der Waals surface area contributed by atoms with Crippen molar-refractivity contribution in [3.8, 4) is 0 Å². The Morgan fingerprint density at radius 3 is 2.50 bits per heavy atom. The molecule has 0 saturated carbocycles. The predicted molar refractivity (Wildman–Crippen MR) is 129 cm³/mol. The molecule has 0 amide bonds. The number of pyridine rings is 1. The van der Waals surface area contributed by atoms with E-state index in [1.807, 2.05) is 0 Å². The van der Waals surface area contributed by atoms with E-state index in [0.29, 0.717) is 23.1 Å². The Morgan fingerprint density at radius 2 is 1.88 bits per heavy atom. The van der Waals surface area contributed by atoms with Gasteiger partial charge >= 0.3 is 6.18 Å². The van der Waals surface area contributed by atoms with Gasteiger partial charge in [-0.25, -0.2) is 12.4 Å². The maximum absolute atomic E-state index is 13.3. The molecule has 12 heteroatoms. The topological polar surface area (TPSA) is 76.0 Å². The average molecular weight is 531 g/mol. The van der Waals surface area contributed by atoms with Crippen LogP contribution in [0.4, 0.5) is 24.5 Å². The largest absolute Gasteiger partial charge is 0.416 e. The third-order valence-electron chi connectivity index (χ3n) is 4.99. The van der Waals surface area contributed by atoms with Crippen molar-refractivity contribution in [3.63, 3.8) is 0 Å². The van der Waals surface area contributed by atoms with Crippen molar-refractivity contribution in [2.24, 2.45) is 0 Å². The van der Waals surface area contributed by atoms with E-state index in [4.69, 9.17) is 11.6 Å². The van der Waals surface area contributed by atoms with Crippen molar-refractivity contribution in [1.82, 2.24) is 14.3 Å². The number of alkyl halides is 3. The van der Waals surface area contributed by atoms with Gasteiger partial charge in [0, 0.05) is 36.2 Å². The number of fused-ring (bicyclic) bond motifs is 1. The molecule has 0 spiro atoms. The second-order valence-corrected chi connectivity index (χ2v) is 9.45. The number of benzene rings is 2. The number of nitrogens with one attached hydrogen (secondary N) is 2. The summed E-state index contributed by atoms with van der Waals surface area (Å²) in [5, 5.41) is 6.58. The van der Waals surface area contributed by atoms with E-state index in [-0.39, 0.29) is 28.0 Å². The van der Waals surface area contributed by atoms with Gasteiger partial charge in [0.05, 0.1) is 21.8 Å². The second kappa shape index (κ2) is 9.83. The number of hydrogen-bond acceptors (Lipinski definition) is 5. The monoisotopic (exact) mass is 530 g/mol. The summed E-state index contributed by atoms with van der Waals surface area (Å²) >= 11 is 6.05. The van der Waals surface area contributed by atoms with Crippen LogP contribution < -0.4 is 10.6 Å². The lowest BCUT2D eigenvalue weighted by atomic mass is 10.1. The average Bonchev–Trinajstić information content (AvgIpc) is 3.14. The lowest BCUT2D eigenvalue weighted by molar-refractivity contribution is -0.137. The van der Waals surface area contributed by atoms with Crippen molar-refractivity contribution >= 4 is 56.3 Å². The second-order valence-electron chi connectivity index (χ2n) is 7.22. The van der Waals surface area contributed by atoms with Gasteiger partial charge < -0.3 is 10.6 Å². The Labute approximate surface area is 205 Å². The number of rotatable bonds is 6. The summed E-state index contributed by atoms with van der Waals surface area (Å²) in [6, 6.07) is 11.0. The highest BCUT2D eigenvalue weighted by Crippen LogP contribution is 2.35. The van der Waals surface area contributed by atoms with E-state index in [1.165, 1.54) is 34.6 Å². The fourth-order valence-corrected chi connectivity index (χ4v) is 5.01. The summed E-state index contributed by atoms with van der Waals surface area (Å²) in [5.41, 5.74) is 1.02. The predicted octanol–water partition coefficient (Wildman–Crippen LogP) is 5.83. The summed E-state index contributed by atoms with van der Waals surface area (Å²) in [4.78, 5) is 3.92. The van der Waals surface area contributed by atoms with E-state index in [9.17, 15) is 21.6 Å². The summed E-state index contributed by atoms with van der Waals surface area (Å²) in [7, 11) is -2.18. The quantitative estimate of drug-likeness (QED) is 0.328. The van der Waals surface area contributed by atoms with Crippen LogP contribution >= 0.6 is 24.0 Å². The molecule has 0 aliphatic carbocycles. The lowest BCUT2D eigenvalue weighted by Crippen LogP contribution is -2.12. The molecule has 0 radical (unpaired) electrons. The number of aromatic nitrogens is 2. The van der Waals surface area contributed by atoms with Crippen LogP contribution in [-0.2, 0) is 22.7 Å². The number of hydrogen-bond donors (Lipinski definition) is 2. The molecule has 34 heavy (non-hydrogen) atoms. The minimum Gasteiger partial charge on any atom is -0.354 e. The molecule has 180 valence electrons. The fraction of sp³-hybridized carbons (Fsp3) is 0.136. The van der Waals surface area contributed by atoms with Crippen LogP contribution in [0.5, 0.6) is 0 Å². The maximum Gasteiger partial charge on any atom is 0.416 e. The van der Waals surface area contributed by atoms with E-state index >= 15 is 0 Å². The number of nitrogens with zero attached hydrogens (tertiary/aromatic N) is 2. The number of anilines is 2. The van der Waals surface area contributed by atoms with Crippen LogP contribution in [0.25, 0.3) is 10.9 Å². The van der Waals surface area contributed by atoms with Gasteiger partial charge in [0.25, 0.3) is 10.0 Å². The molecule has 0 bridgehead atoms. The maximum atomic E-state index is 13.3. The Morgan fingerprint density at radius 1 is 1.12 bits per heavy atom. The molecule has 2 N–H and O–H groups in total. The Kier molecular flexibility index (Phi) is 7.47. The van der Waals surface area contributed by atoms with Gasteiger partial charge in [0.1, 0.15) is 4.90 Å². The molecule has 0 atom stereocenters. The first-order valence-electron chi connectivity index (χ1n) is 9.69. The van der Waals surface area contributed by atoms with E-state index < -0.39 is 21.8 Å². The molecule has 2 heterocycles. The van der Waals surface area contributed by atoms with E-state index in [2.05, 4.69) is 15.6 Å². The molecule has 0 saturated heterocycles. The van der Waals surface area contributed by atoms with Crippen LogP contribution in [0.2, 0.25) is 5.02 Å². The first kappa shape index (κ1) is 25.8. The molecule has 0 unspecified atom stereocenters. The van der Waals surface area contributed by atoms with Gasteiger partial charge in [0.15, 0.2) is 0 Å². The first-order valence-corrected chi connectivity index (χ1v) is 11.5. The lowest BCUT2D eigenvalue weighted by Gasteiger charge is -2.13. The Balaban J connectivity index is 0.00000324. The van der Waals surface area contributed by atoms with Crippen LogP contribution in [0, 0.1) is 0 Å². The summed E-state index contributed by atoms with van der Waals surface area (Å²) in [6.07, 6.45) is -0.220. The summed E-state index contributed by atoms with van der Waals surface area (Å²) in [6.45, 7) is 0.434. The van der Waals surface area contributed by atoms with E-state index in [1.54, 1.807) is 31.4 Å². The summed E-state index contributed by atoms with van der Waals surface area (Å²) < 4.78 is 66.5. The third kappa shape index (κ3) is 5.00. The third-order valence-corrected chi connectivity index (χ3v) is 6.96. The molecule has 0 aliphatic rings. The molecule has 4 rings (SSSR count). The molecular formula is C22H19Cl2F3N4O2S. The van der Waals surface area contributed by atoms with Crippen LogP contribution in [-0.4, -0.2) is 24.4 Å². The highest BCUT2D eigenvalue weighted by atomic mass is 35.5. The molecule has 2 aromatic carbocycles. The molecule has 4 aromatic rings. The zero-order valence-electron chi connectivity index (χ0n) is 17.6. The Hall–Kier alpha value is -2.79. The van der Waals surface area contributed by atoms with Crippen molar-refractivity contribution < 1.29 is 21.6 Å². The highest BCUT2D eigenvalue weighted by molar-refractivity contribution is 7.90. The number of halogens is 5.